The molecule has 5 rings (SSSR count). The highest BCUT2D eigenvalue weighted by atomic mass is 16.5. The summed E-state index contributed by atoms with van der Waals surface area (Å²) in [7, 11) is 0. The van der Waals surface area contributed by atoms with Crippen LogP contribution in [-0.2, 0) is 22.7 Å². The Morgan fingerprint density at radius 2 is 1.29 bits per heavy atom. The molecule has 0 spiro atoms. The Kier molecular flexibility index (Phi) is 5.64. The van der Waals surface area contributed by atoms with Crippen LogP contribution in [0.4, 0.5) is 0 Å². The monoisotopic (exact) mass is 452 g/mol. The Morgan fingerprint density at radius 1 is 0.706 bits per heavy atom. The van der Waals surface area contributed by atoms with E-state index in [1.807, 2.05) is 80.6 Å². The van der Waals surface area contributed by atoms with Gasteiger partial charge in [-0.1, -0.05) is 60.7 Å². The number of benzene rings is 3. The number of rotatable bonds is 6. The zero-order valence-electron chi connectivity index (χ0n) is 19.0. The normalized spacial score (nSPS) is 11.1. The Bertz CT molecular complexity index is 1500. The first-order chi connectivity index (χ1) is 16.5. The maximum atomic E-state index is 12.8. The van der Waals surface area contributed by atoms with Crippen LogP contribution in [0, 0.1) is 13.8 Å². The molecule has 0 radical (unpaired) electrons. The number of carbonyl (C=O) groups is 2. The molecule has 0 saturated carbocycles. The predicted octanol–water partition coefficient (Wildman–Crippen LogP) is 5.98. The van der Waals surface area contributed by atoms with Crippen molar-refractivity contribution in [3.8, 4) is 0 Å². The third-order valence-electron chi connectivity index (χ3n) is 6.04. The molecule has 34 heavy (non-hydrogen) atoms. The summed E-state index contributed by atoms with van der Waals surface area (Å²) in [5.41, 5.74) is 6.08. The van der Waals surface area contributed by atoms with Gasteiger partial charge in [-0.2, -0.15) is 0 Å². The molecule has 2 N–H and O–H groups in total. The molecule has 0 amide bonds. The number of aromatic amines is 2. The molecule has 6 heteroatoms. The van der Waals surface area contributed by atoms with Crippen LogP contribution in [0.1, 0.15) is 43.2 Å². The number of fused-ring (bicyclic) bond motifs is 2. The van der Waals surface area contributed by atoms with Crippen LogP contribution in [-0.4, -0.2) is 21.9 Å². The van der Waals surface area contributed by atoms with E-state index in [4.69, 9.17) is 9.47 Å². The zero-order valence-corrected chi connectivity index (χ0v) is 19.0. The predicted molar refractivity (Wildman–Crippen MR) is 131 cm³/mol. The lowest BCUT2D eigenvalue weighted by Gasteiger charge is -2.04. The van der Waals surface area contributed by atoms with Gasteiger partial charge >= 0.3 is 11.9 Å². The van der Waals surface area contributed by atoms with Crippen LogP contribution in [0.5, 0.6) is 0 Å². The van der Waals surface area contributed by atoms with Crippen molar-refractivity contribution in [3.05, 3.63) is 106 Å². The van der Waals surface area contributed by atoms with Gasteiger partial charge in [-0.15, -0.1) is 0 Å². The summed E-state index contributed by atoms with van der Waals surface area (Å²) in [5.74, 6) is -0.809. The van der Waals surface area contributed by atoms with Crippen molar-refractivity contribution in [2.45, 2.75) is 27.1 Å². The van der Waals surface area contributed by atoms with E-state index >= 15 is 0 Å². The molecule has 2 aromatic heterocycles. The second-order valence-electron chi connectivity index (χ2n) is 8.32. The third kappa shape index (κ3) is 4.06. The van der Waals surface area contributed by atoms with E-state index in [0.29, 0.717) is 11.4 Å². The Labute approximate surface area is 196 Å². The second-order valence-corrected chi connectivity index (χ2v) is 8.32. The number of H-pyrrole nitrogens is 2. The van der Waals surface area contributed by atoms with Gasteiger partial charge in [-0.3, -0.25) is 0 Å². The molecule has 170 valence electrons. The maximum absolute atomic E-state index is 12.8. The molecular formula is C28H24N2O4. The fourth-order valence-electron chi connectivity index (χ4n) is 4.29. The van der Waals surface area contributed by atoms with Gasteiger partial charge in [0, 0.05) is 21.8 Å². The van der Waals surface area contributed by atoms with Crippen molar-refractivity contribution in [3.63, 3.8) is 0 Å². The molecule has 2 heterocycles. The summed E-state index contributed by atoms with van der Waals surface area (Å²) < 4.78 is 11.0. The summed E-state index contributed by atoms with van der Waals surface area (Å²) in [5, 5.41) is 1.85. The minimum Gasteiger partial charge on any atom is -0.456 e. The second kappa shape index (κ2) is 8.90. The van der Waals surface area contributed by atoms with Crippen LogP contribution < -0.4 is 0 Å². The fourth-order valence-corrected chi connectivity index (χ4v) is 4.29. The molecule has 0 bridgehead atoms. The van der Waals surface area contributed by atoms with Crippen LogP contribution in [0.15, 0.2) is 72.8 Å². The van der Waals surface area contributed by atoms with E-state index in [0.717, 1.165) is 44.1 Å². The van der Waals surface area contributed by atoms with Crippen molar-refractivity contribution < 1.29 is 19.1 Å². The lowest BCUT2D eigenvalue weighted by molar-refractivity contribution is 0.0458. The quantitative estimate of drug-likeness (QED) is 0.310. The Morgan fingerprint density at radius 3 is 1.91 bits per heavy atom. The van der Waals surface area contributed by atoms with Gasteiger partial charge in [0.2, 0.25) is 0 Å². The largest absolute Gasteiger partial charge is 0.456 e. The third-order valence-corrected chi connectivity index (χ3v) is 6.04. The Balaban J connectivity index is 1.39. The molecule has 0 saturated heterocycles. The lowest BCUT2D eigenvalue weighted by Crippen LogP contribution is -2.07. The SMILES string of the molecule is Cc1c(C(=O)OCc2ccccc2)[nH]c2cc3[nH]c(C(=O)OCc4ccccc4)cc3c(C)c12. The van der Waals surface area contributed by atoms with E-state index in [1.54, 1.807) is 6.07 Å². The van der Waals surface area contributed by atoms with E-state index in [9.17, 15) is 9.59 Å². The number of carbonyl (C=O) groups excluding carboxylic acids is 2. The molecular weight excluding hydrogens is 428 g/mol. The number of hydrogen-bond acceptors (Lipinski definition) is 4. The van der Waals surface area contributed by atoms with E-state index in [-0.39, 0.29) is 13.2 Å². The molecule has 0 aliphatic heterocycles. The van der Waals surface area contributed by atoms with Gasteiger partial charge in [0.15, 0.2) is 0 Å². The summed E-state index contributed by atoms with van der Waals surface area (Å²) in [4.78, 5) is 31.7. The molecule has 0 aliphatic carbocycles. The molecule has 6 nitrogen and oxygen atoms in total. The summed E-state index contributed by atoms with van der Waals surface area (Å²) >= 11 is 0. The first kappa shape index (κ1) is 21.5. The lowest BCUT2D eigenvalue weighted by atomic mass is 10.0. The molecule has 5 aromatic rings. The minimum absolute atomic E-state index is 0.211. The standard InChI is InChI=1S/C28H24N2O4/c1-17-21-13-24(27(31)33-15-19-9-5-3-6-10-19)29-22(21)14-23-25(17)18(2)26(30-23)28(32)34-16-20-11-7-4-8-12-20/h3-14,29-30H,15-16H2,1-2H3. The minimum atomic E-state index is -0.412. The van der Waals surface area contributed by atoms with E-state index in [1.165, 1.54) is 0 Å². The summed E-state index contributed by atoms with van der Waals surface area (Å²) in [6, 6.07) is 22.9. The van der Waals surface area contributed by atoms with Gasteiger partial charge < -0.3 is 19.4 Å². The van der Waals surface area contributed by atoms with Gasteiger partial charge in [0.25, 0.3) is 0 Å². The fraction of sp³-hybridized carbons (Fsp3) is 0.143. The number of aromatic nitrogens is 2. The highest BCUT2D eigenvalue weighted by Crippen LogP contribution is 2.32. The van der Waals surface area contributed by atoms with Crippen molar-refractivity contribution >= 4 is 33.7 Å². The van der Waals surface area contributed by atoms with Crippen molar-refractivity contribution in [2.75, 3.05) is 0 Å². The summed E-state index contributed by atoms with van der Waals surface area (Å²) in [6.45, 7) is 4.31. The number of aryl methyl sites for hydroxylation is 2. The maximum Gasteiger partial charge on any atom is 0.355 e. The van der Waals surface area contributed by atoms with Gasteiger partial charge in [0.05, 0.1) is 0 Å². The van der Waals surface area contributed by atoms with Crippen molar-refractivity contribution in [1.82, 2.24) is 9.97 Å². The van der Waals surface area contributed by atoms with Gasteiger partial charge in [-0.25, -0.2) is 9.59 Å². The average molecular weight is 453 g/mol. The number of hydrogen-bond donors (Lipinski definition) is 2. The molecule has 0 aliphatic rings. The van der Waals surface area contributed by atoms with Crippen LogP contribution in [0.2, 0.25) is 0 Å². The Hall–Kier alpha value is -4.32. The van der Waals surface area contributed by atoms with Crippen LogP contribution >= 0.6 is 0 Å². The van der Waals surface area contributed by atoms with E-state index < -0.39 is 11.9 Å². The zero-order chi connectivity index (χ0) is 23.7. The highest BCUT2D eigenvalue weighted by Gasteiger charge is 2.21. The first-order valence-corrected chi connectivity index (χ1v) is 11.1. The van der Waals surface area contributed by atoms with Crippen molar-refractivity contribution in [1.29, 1.82) is 0 Å². The smallest absolute Gasteiger partial charge is 0.355 e. The first-order valence-electron chi connectivity index (χ1n) is 11.1. The molecule has 0 atom stereocenters. The van der Waals surface area contributed by atoms with Gasteiger partial charge in [0.1, 0.15) is 24.6 Å². The van der Waals surface area contributed by atoms with Crippen LogP contribution in [0.25, 0.3) is 21.8 Å². The summed E-state index contributed by atoms with van der Waals surface area (Å²) in [6.07, 6.45) is 0. The highest BCUT2D eigenvalue weighted by molar-refractivity contribution is 6.07. The van der Waals surface area contributed by atoms with Crippen LogP contribution in [0.3, 0.4) is 0 Å². The van der Waals surface area contributed by atoms with Gasteiger partial charge in [-0.05, 0) is 48.2 Å². The molecule has 3 aromatic carbocycles. The van der Waals surface area contributed by atoms with Crippen molar-refractivity contribution in [2.24, 2.45) is 0 Å². The van der Waals surface area contributed by atoms with E-state index in [2.05, 4.69) is 9.97 Å². The average Bonchev–Trinajstić information content (AvgIpc) is 3.44. The molecule has 0 fully saturated rings. The topological polar surface area (TPSA) is 84.2 Å². The number of nitrogens with one attached hydrogen (secondary N) is 2. The number of esters is 2. The number of ether oxygens (including phenoxy) is 2. The molecule has 0 unspecified atom stereocenters.